The van der Waals surface area contributed by atoms with Gasteiger partial charge in [-0.2, -0.15) is 0 Å². The average Bonchev–Trinajstić information content (AvgIpc) is 2.70. The summed E-state index contributed by atoms with van der Waals surface area (Å²) in [7, 11) is 0. The number of carbonyl (C=O) groups excluding carboxylic acids is 2. The zero-order valence-electron chi connectivity index (χ0n) is 14.0. The summed E-state index contributed by atoms with van der Waals surface area (Å²) >= 11 is 23.7. The van der Waals surface area contributed by atoms with E-state index in [0.29, 0.717) is 0 Å². The molecule has 1 aromatic carbocycles. The molecule has 0 spiro atoms. The summed E-state index contributed by atoms with van der Waals surface area (Å²) in [6.07, 6.45) is 0. The van der Waals surface area contributed by atoms with Gasteiger partial charge < -0.3 is 9.80 Å². The van der Waals surface area contributed by atoms with Crippen LogP contribution in [0, 0.1) is 11.6 Å². The van der Waals surface area contributed by atoms with E-state index in [1.54, 1.807) is 0 Å². The van der Waals surface area contributed by atoms with Crippen LogP contribution in [0.15, 0.2) is 18.2 Å². The predicted molar refractivity (Wildman–Crippen MR) is 102 cm³/mol. The van der Waals surface area contributed by atoms with Crippen molar-refractivity contribution in [2.75, 3.05) is 26.2 Å². The van der Waals surface area contributed by atoms with Crippen LogP contribution in [0.5, 0.6) is 0 Å². The number of halogens is 6. The molecule has 1 saturated heterocycles. The van der Waals surface area contributed by atoms with Crippen LogP contribution >= 0.6 is 46.4 Å². The third kappa shape index (κ3) is 4.03. The highest BCUT2D eigenvalue weighted by molar-refractivity contribution is 6.52. The minimum absolute atomic E-state index is 0.0275. The van der Waals surface area contributed by atoms with Crippen molar-refractivity contribution in [3.63, 3.8) is 0 Å². The second-order valence-electron chi connectivity index (χ2n) is 5.91. The van der Waals surface area contributed by atoms with E-state index >= 15 is 0 Å². The number of nitrogens with zero attached hydrogens (tertiary/aromatic N) is 3. The second kappa shape index (κ2) is 8.37. The topological polar surface area (TPSA) is 53.5 Å². The van der Waals surface area contributed by atoms with Crippen molar-refractivity contribution in [1.29, 1.82) is 0 Å². The van der Waals surface area contributed by atoms with Crippen LogP contribution in [0.1, 0.15) is 20.8 Å². The lowest BCUT2D eigenvalue weighted by molar-refractivity contribution is 0.0532. The summed E-state index contributed by atoms with van der Waals surface area (Å²) in [5.74, 6) is -3.10. The van der Waals surface area contributed by atoms with Crippen LogP contribution in [0.4, 0.5) is 8.78 Å². The molecule has 2 amide bonds. The maximum Gasteiger partial charge on any atom is 0.274 e. The standard InChI is InChI=1S/C17H11Cl4F2N3O2/c18-11-12(19)14(24-15(21)13(11)20)17(28)26-5-3-25(4-6-26)16(27)8-1-2-9(22)10(23)7-8/h1-2,7H,3-6H2. The van der Waals surface area contributed by atoms with Gasteiger partial charge in [0.05, 0.1) is 15.1 Å². The highest BCUT2D eigenvalue weighted by Gasteiger charge is 2.29. The van der Waals surface area contributed by atoms with Crippen molar-refractivity contribution in [1.82, 2.24) is 14.8 Å². The molecule has 0 N–H and O–H groups in total. The van der Waals surface area contributed by atoms with Crippen LogP contribution < -0.4 is 0 Å². The van der Waals surface area contributed by atoms with E-state index in [1.807, 2.05) is 0 Å². The second-order valence-corrected chi connectivity index (χ2v) is 7.40. The van der Waals surface area contributed by atoms with E-state index < -0.39 is 23.4 Å². The highest BCUT2D eigenvalue weighted by Crippen LogP contribution is 2.36. The fraction of sp³-hybridized carbons (Fsp3) is 0.235. The molecule has 11 heteroatoms. The van der Waals surface area contributed by atoms with E-state index in [4.69, 9.17) is 46.4 Å². The molecular weight excluding hydrogens is 458 g/mol. The molecule has 2 heterocycles. The Labute approximate surface area is 178 Å². The monoisotopic (exact) mass is 467 g/mol. The number of hydrogen-bond acceptors (Lipinski definition) is 3. The predicted octanol–water partition coefficient (Wildman–Crippen LogP) is 4.57. The Kier molecular flexibility index (Phi) is 6.29. The number of carbonyl (C=O) groups is 2. The molecule has 0 radical (unpaired) electrons. The SMILES string of the molecule is O=C(c1ccc(F)c(F)c1)N1CCN(C(=O)c2nc(Cl)c(Cl)c(Cl)c2Cl)CC1. The van der Waals surface area contributed by atoms with E-state index in [0.717, 1.165) is 12.1 Å². The van der Waals surface area contributed by atoms with Gasteiger partial charge in [0, 0.05) is 31.7 Å². The first-order valence-electron chi connectivity index (χ1n) is 7.94. The molecule has 0 bridgehead atoms. The molecule has 0 aliphatic carbocycles. The van der Waals surface area contributed by atoms with Crippen LogP contribution in [-0.2, 0) is 0 Å². The van der Waals surface area contributed by atoms with E-state index in [-0.39, 0.29) is 57.7 Å². The average molecular weight is 469 g/mol. The molecular formula is C17H11Cl4F2N3O2. The van der Waals surface area contributed by atoms with Gasteiger partial charge in [-0.15, -0.1) is 0 Å². The summed E-state index contributed by atoms with van der Waals surface area (Å²) in [5, 5.41) is -0.376. The Morgan fingerprint density at radius 1 is 0.821 bits per heavy atom. The number of benzene rings is 1. The zero-order chi connectivity index (χ0) is 20.6. The first-order valence-corrected chi connectivity index (χ1v) is 9.45. The first kappa shape index (κ1) is 21.0. The molecule has 0 unspecified atom stereocenters. The van der Waals surface area contributed by atoms with Crippen molar-refractivity contribution in [2.24, 2.45) is 0 Å². The van der Waals surface area contributed by atoms with Crippen molar-refractivity contribution >= 4 is 58.2 Å². The lowest BCUT2D eigenvalue weighted by Gasteiger charge is -2.34. The summed E-state index contributed by atoms with van der Waals surface area (Å²) in [5.41, 5.74) is -0.110. The molecule has 1 fully saturated rings. The van der Waals surface area contributed by atoms with Crippen LogP contribution in [0.2, 0.25) is 20.2 Å². The lowest BCUT2D eigenvalue weighted by atomic mass is 10.1. The Morgan fingerprint density at radius 3 is 1.96 bits per heavy atom. The van der Waals surface area contributed by atoms with Gasteiger partial charge >= 0.3 is 0 Å². The molecule has 2 aromatic rings. The lowest BCUT2D eigenvalue weighted by Crippen LogP contribution is -2.50. The molecule has 0 saturated carbocycles. The van der Waals surface area contributed by atoms with Crippen LogP contribution in [0.25, 0.3) is 0 Å². The summed E-state index contributed by atoms with van der Waals surface area (Å²) in [6.45, 7) is 0.751. The van der Waals surface area contributed by atoms with Gasteiger partial charge in [-0.1, -0.05) is 46.4 Å². The summed E-state index contributed by atoms with van der Waals surface area (Å²) in [4.78, 5) is 31.9. The molecule has 148 valence electrons. The van der Waals surface area contributed by atoms with Gasteiger partial charge in [0.2, 0.25) is 0 Å². The van der Waals surface area contributed by atoms with E-state index in [9.17, 15) is 18.4 Å². The Morgan fingerprint density at radius 2 is 1.39 bits per heavy atom. The van der Waals surface area contributed by atoms with Gasteiger partial charge in [0.15, 0.2) is 11.6 Å². The van der Waals surface area contributed by atoms with Gasteiger partial charge in [0.25, 0.3) is 11.8 Å². The number of pyridine rings is 1. The summed E-state index contributed by atoms with van der Waals surface area (Å²) in [6, 6.07) is 2.94. The third-order valence-corrected chi connectivity index (χ3v) is 5.89. The molecule has 28 heavy (non-hydrogen) atoms. The minimum atomic E-state index is -1.10. The Bertz CT molecular complexity index is 966. The molecule has 5 nitrogen and oxygen atoms in total. The van der Waals surface area contributed by atoms with Gasteiger partial charge in [-0.05, 0) is 18.2 Å². The van der Waals surface area contributed by atoms with Gasteiger partial charge in [0.1, 0.15) is 10.8 Å². The van der Waals surface area contributed by atoms with Gasteiger partial charge in [-0.3, -0.25) is 9.59 Å². The maximum absolute atomic E-state index is 13.3. The number of rotatable bonds is 2. The fourth-order valence-electron chi connectivity index (χ4n) is 2.70. The van der Waals surface area contributed by atoms with E-state index in [2.05, 4.69) is 4.98 Å². The van der Waals surface area contributed by atoms with Crippen molar-refractivity contribution in [3.8, 4) is 0 Å². The number of aromatic nitrogens is 1. The number of amides is 2. The minimum Gasteiger partial charge on any atom is -0.335 e. The Hall–Kier alpha value is -1.67. The number of piperazine rings is 1. The first-order chi connectivity index (χ1) is 13.2. The summed E-state index contributed by atoms with van der Waals surface area (Å²) < 4.78 is 26.4. The van der Waals surface area contributed by atoms with Crippen molar-refractivity contribution < 1.29 is 18.4 Å². The number of hydrogen-bond donors (Lipinski definition) is 0. The molecule has 0 atom stereocenters. The van der Waals surface area contributed by atoms with Gasteiger partial charge in [-0.25, -0.2) is 13.8 Å². The molecule has 1 aromatic heterocycles. The molecule has 1 aliphatic rings. The maximum atomic E-state index is 13.3. The zero-order valence-corrected chi connectivity index (χ0v) is 17.0. The largest absolute Gasteiger partial charge is 0.335 e. The van der Waals surface area contributed by atoms with Crippen molar-refractivity contribution in [2.45, 2.75) is 0 Å². The molecule has 1 aliphatic heterocycles. The molecule has 3 rings (SSSR count). The Balaban J connectivity index is 1.71. The highest BCUT2D eigenvalue weighted by atomic mass is 35.5. The van der Waals surface area contributed by atoms with Crippen LogP contribution in [-0.4, -0.2) is 52.8 Å². The third-order valence-electron chi connectivity index (χ3n) is 4.21. The fourth-order valence-corrected chi connectivity index (χ4v) is 3.51. The van der Waals surface area contributed by atoms with Crippen molar-refractivity contribution in [3.05, 3.63) is 61.3 Å². The normalized spacial score (nSPS) is 14.4. The van der Waals surface area contributed by atoms with Crippen LogP contribution in [0.3, 0.4) is 0 Å². The van der Waals surface area contributed by atoms with E-state index in [1.165, 1.54) is 15.9 Å². The quantitative estimate of drug-likeness (QED) is 0.606. The smallest absolute Gasteiger partial charge is 0.274 e.